The van der Waals surface area contributed by atoms with E-state index in [-0.39, 0.29) is 18.3 Å². The molecule has 0 fully saturated rings. The molecule has 3 N–H and O–H groups in total. The molecule has 2 rings (SSSR count). The van der Waals surface area contributed by atoms with Crippen molar-refractivity contribution in [2.75, 3.05) is 23.8 Å². The molecule has 1 heterocycles. The Morgan fingerprint density at radius 1 is 1.35 bits per heavy atom. The maximum Gasteiger partial charge on any atom is 0.271 e. The number of non-ortho nitro benzene ring substituents is 1. The summed E-state index contributed by atoms with van der Waals surface area (Å²) >= 11 is 0. The van der Waals surface area contributed by atoms with Crippen LogP contribution in [-0.4, -0.2) is 32.7 Å². The number of nitrogens with one attached hydrogen (secondary N) is 2. The zero-order valence-electron chi connectivity index (χ0n) is 13.2. The summed E-state index contributed by atoms with van der Waals surface area (Å²) in [5, 5.41) is 26.1. The Balaban J connectivity index is 2.20. The first-order valence-corrected chi connectivity index (χ1v) is 7.41. The Morgan fingerprint density at radius 3 is 2.78 bits per heavy atom. The van der Waals surface area contributed by atoms with Crippen molar-refractivity contribution >= 4 is 17.1 Å². The van der Waals surface area contributed by atoms with Crippen molar-refractivity contribution < 1.29 is 10.0 Å². The lowest BCUT2D eigenvalue weighted by atomic mass is 10.2. The van der Waals surface area contributed by atoms with Gasteiger partial charge in [0.15, 0.2) is 0 Å². The minimum Gasteiger partial charge on any atom is -0.395 e. The molecule has 0 spiro atoms. The molecular formula is C15H21N5O3. The normalized spacial score (nSPS) is 10.8. The lowest BCUT2D eigenvalue weighted by Gasteiger charge is -2.15. The Labute approximate surface area is 134 Å². The lowest BCUT2D eigenvalue weighted by molar-refractivity contribution is -0.384. The van der Waals surface area contributed by atoms with Crippen LogP contribution in [0.15, 0.2) is 30.6 Å². The van der Waals surface area contributed by atoms with Crippen LogP contribution in [0, 0.1) is 10.1 Å². The highest BCUT2D eigenvalue weighted by molar-refractivity contribution is 5.71. The third kappa shape index (κ3) is 4.19. The van der Waals surface area contributed by atoms with Gasteiger partial charge in [0.1, 0.15) is 5.82 Å². The first kappa shape index (κ1) is 16.8. The molecule has 0 atom stereocenters. The molecule has 0 unspecified atom stereocenters. The van der Waals surface area contributed by atoms with Crippen molar-refractivity contribution in [1.82, 2.24) is 9.55 Å². The van der Waals surface area contributed by atoms with Gasteiger partial charge in [-0.15, -0.1) is 0 Å². The van der Waals surface area contributed by atoms with Crippen LogP contribution in [0.4, 0.5) is 17.1 Å². The van der Waals surface area contributed by atoms with E-state index in [9.17, 15) is 10.1 Å². The Kier molecular flexibility index (Phi) is 5.53. The zero-order chi connectivity index (χ0) is 16.8. The number of aromatic nitrogens is 2. The summed E-state index contributed by atoms with van der Waals surface area (Å²) in [6.45, 7) is 4.92. The molecule has 8 nitrogen and oxygen atoms in total. The van der Waals surface area contributed by atoms with Crippen molar-refractivity contribution in [1.29, 1.82) is 0 Å². The first-order chi connectivity index (χ1) is 11.0. The summed E-state index contributed by atoms with van der Waals surface area (Å²) in [4.78, 5) is 14.8. The molecule has 1 aromatic carbocycles. The number of nitrogens with zero attached hydrogens (tertiary/aromatic N) is 3. The number of rotatable bonds is 8. The van der Waals surface area contributed by atoms with E-state index < -0.39 is 4.92 Å². The highest BCUT2D eigenvalue weighted by Gasteiger charge is 2.12. The maximum atomic E-state index is 11.0. The predicted molar refractivity (Wildman–Crippen MR) is 88.6 cm³/mol. The quantitative estimate of drug-likeness (QED) is 0.509. The number of aliphatic hydroxyl groups is 1. The number of hydrogen-bond acceptors (Lipinski definition) is 6. The van der Waals surface area contributed by atoms with Gasteiger partial charge in [0, 0.05) is 37.1 Å². The highest BCUT2D eigenvalue weighted by atomic mass is 16.6. The van der Waals surface area contributed by atoms with Crippen LogP contribution < -0.4 is 10.6 Å². The third-order valence-corrected chi connectivity index (χ3v) is 3.38. The number of nitro groups is 1. The number of benzene rings is 1. The average molecular weight is 319 g/mol. The van der Waals surface area contributed by atoms with Crippen molar-refractivity contribution in [3.63, 3.8) is 0 Å². The van der Waals surface area contributed by atoms with E-state index in [1.165, 1.54) is 12.1 Å². The molecule has 124 valence electrons. The molecule has 0 aliphatic rings. The smallest absolute Gasteiger partial charge is 0.271 e. The summed E-state index contributed by atoms with van der Waals surface area (Å²) in [6.07, 6.45) is 3.63. The van der Waals surface area contributed by atoms with Gasteiger partial charge < -0.3 is 20.3 Å². The molecule has 0 radical (unpaired) electrons. The van der Waals surface area contributed by atoms with Gasteiger partial charge in [-0.3, -0.25) is 10.1 Å². The number of anilines is 2. The van der Waals surface area contributed by atoms with E-state index in [4.69, 9.17) is 5.11 Å². The van der Waals surface area contributed by atoms with E-state index in [0.29, 0.717) is 24.5 Å². The van der Waals surface area contributed by atoms with Gasteiger partial charge in [0.25, 0.3) is 5.69 Å². The molecule has 0 saturated carbocycles. The molecule has 0 amide bonds. The van der Waals surface area contributed by atoms with Crippen LogP contribution in [0.25, 0.3) is 0 Å². The fourth-order valence-electron chi connectivity index (χ4n) is 2.26. The molecule has 2 aromatic rings. The molecule has 1 aromatic heterocycles. The van der Waals surface area contributed by atoms with Gasteiger partial charge in [0.2, 0.25) is 0 Å². The van der Waals surface area contributed by atoms with E-state index in [0.717, 1.165) is 5.82 Å². The van der Waals surface area contributed by atoms with Crippen LogP contribution in [0.5, 0.6) is 0 Å². The Bertz CT molecular complexity index is 669. The maximum absolute atomic E-state index is 11.0. The van der Waals surface area contributed by atoms with Crippen molar-refractivity contribution in [3.8, 4) is 0 Å². The molecule has 0 saturated heterocycles. The van der Waals surface area contributed by atoms with Gasteiger partial charge in [-0.05, 0) is 19.9 Å². The summed E-state index contributed by atoms with van der Waals surface area (Å²) in [5.41, 5.74) is 1.31. The molecule has 8 heteroatoms. The average Bonchev–Trinajstić information content (AvgIpc) is 2.99. The van der Waals surface area contributed by atoms with E-state index in [1.807, 2.05) is 10.8 Å². The van der Waals surface area contributed by atoms with E-state index in [2.05, 4.69) is 29.5 Å². The number of aliphatic hydroxyl groups excluding tert-OH is 1. The molecule has 0 aliphatic carbocycles. The highest BCUT2D eigenvalue weighted by Crippen LogP contribution is 2.27. The minimum atomic E-state index is -0.434. The Morgan fingerprint density at radius 2 is 2.13 bits per heavy atom. The second kappa shape index (κ2) is 7.59. The van der Waals surface area contributed by atoms with Crippen LogP contribution in [-0.2, 0) is 6.54 Å². The molecule has 0 bridgehead atoms. The summed E-state index contributed by atoms with van der Waals surface area (Å²) < 4.78 is 2.03. The first-order valence-electron chi connectivity index (χ1n) is 7.41. The second-order valence-electron chi connectivity index (χ2n) is 5.34. The SMILES string of the molecule is CC(C)n1ccnc1CNc1cc([N+](=O)[O-])ccc1NCCO. The summed E-state index contributed by atoms with van der Waals surface area (Å²) in [6, 6.07) is 4.82. The lowest BCUT2D eigenvalue weighted by Crippen LogP contribution is -2.12. The van der Waals surface area contributed by atoms with Gasteiger partial charge in [-0.1, -0.05) is 0 Å². The zero-order valence-corrected chi connectivity index (χ0v) is 13.2. The van der Waals surface area contributed by atoms with Crippen LogP contribution in [0.3, 0.4) is 0 Å². The number of hydrogen-bond donors (Lipinski definition) is 3. The predicted octanol–water partition coefficient (Wildman–Crippen LogP) is 2.39. The summed E-state index contributed by atoms with van der Waals surface area (Å²) in [7, 11) is 0. The van der Waals surface area contributed by atoms with Crippen LogP contribution in [0.2, 0.25) is 0 Å². The Hall–Kier alpha value is -2.61. The van der Waals surface area contributed by atoms with Crippen molar-refractivity contribution in [2.24, 2.45) is 0 Å². The largest absolute Gasteiger partial charge is 0.395 e. The minimum absolute atomic E-state index is 0.00856. The summed E-state index contributed by atoms with van der Waals surface area (Å²) in [5.74, 6) is 0.847. The fourth-order valence-corrected chi connectivity index (χ4v) is 2.26. The fraction of sp³-hybridized carbons (Fsp3) is 0.400. The van der Waals surface area contributed by atoms with Gasteiger partial charge in [-0.25, -0.2) is 4.98 Å². The third-order valence-electron chi connectivity index (χ3n) is 3.38. The number of nitro benzene ring substituents is 1. The van der Waals surface area contributed by atoms with E-state index in [1.54, 1.807) is 12.3 Å². The van der Waals surface area contributed by atoms with Crippen molar-refractivity contribution in [2.45, 2.75) is 26.4 Å². The molecule has 23 heavy (non-hydrogen) atoms. The topological polar surface area (TPSA) is 105 Å². The second-order valence-corrected chi connectivity index (χ2v) is 5.34. The standard InChI is InChI=1S/C15H21N5O3/c1-11(2)19-7-5-17-15(19)10-18-14-9-12(20(22)23)3-4-13(14)16-6-8-21/h3-5,7,9,11,16,18,21H,6,8,10H2,1-2H3. The van der Waals surface area contributed by atoms with Crippen LogP contribution in [0.1, 0.15) is 25.7 Å². The van der Waals surface area contributed by atoms with Crippen LogP contribution >= 0.6 is 0 Å². The number of imidazole rings is 1. The van der Waals surface area contributed by atoms with E-state index >= 15 is 0 Å². The van der Waals surface area contributed by atoms with Crippen molar-refractivity contribution in [3.05, 3.63) is 46.5 Å². The van der Waals surface area contributed by atoms with Gasteiger partial charge in [-0.2, -0.15) is 0 Å². The van der Waals surface area contributed by atoms with Gasteiger partial charge >= 0.3 is 0 Å². The van der Waals surface area contributed by atoms with Gasteiger partial charge in [0.05, 0.1) is 29.4 Å². The monoisotopic (exact) mass is 319 g/mol. The molecular weight excluding hydrogens is 298 g/mol. The molecule has 0 aliphatic heterocycles.